The van der Waals surface area contributed by atoms with Gasteiger partial charge in [0.25, 0.3) is 0 Å². The number of carbonyl (C=O) groups excluding carboxylic acids is 1. The van der Waals surface area contributed by atoms with Crippen molar-refractivity contribution in [1.82, 2.24) is 20.4 Å². The highest BCUT2D eigenvalue weighted by Crippen LogP contribution is 2.19. The molecule has 1 saturated heterocycles. The highest BCUT2D eigenvalue weighted by molar-refractivity contribution is 5.85. The van der Waals surface area contributed by atoms with Gasteiger partial charge in [0.2, 0.25) is 17.6 Å². The maximum Gasteiger partial charge on any atom is 0.238 e. The second-order valence-corrected chi connectivity index (χ2v) is 5.43. The van der Waals surface area contributed by atoms with E-state index in [9.17, 15) is 4.79 Å². The zero-order valence-corrected chi connectivity index (χ0v) is 13.8. The summed E-state index contributed by atoms with van der Waals surface area (Å²) in [7, 11) is 1.91. The number of likely N-dealkylation sites (N-methyl/N-ethyl adjacent to an activating group) is 1. The van der Waals surface area contributed by atoms with Crippen LogP contribution in [0.3, 0.4) is 0 Å². The Balaban J connectivity index is 0.00000192. The SMILES string of the molecule is CNCC1CCCN1C(=O)CCc1nc(-c2ccco2)no1.Cl. The maximum absolute atomic E-state index is 12.3. The smallest absolute Gasteiger partial charge is 0.238 e. The summed E-state index contributed by atoms with van der Waals surface area (Å²) in [5, 5.41) is 7.01. The molecule has 23 heavy (non-hydrogen) atoms. The fraction of sp³-hybridized carbons (Fsp3) is 0.533. The number of carbonyl (C=O) groups is 1. The molecule has 1 unspecified atom stereocenters. The van der Waals surface area contributed by atoms with Crippen LogP contribution in [0.25, 0.3) is 11.6 Å². The van der Waals surface area contributed by atoms with Crippen LogP contribution in [0, 0.1) is 0 Å². The first-order valence-corrected chi connectivity index (χ1v) is 7.58. The van der Waals surface area contributed by atoms with E-state index in [0.29, 0.717) is 36.4 Å². The van der Waals surface area contributed by atoms with Gasteiger partial charge in [-0.2, -0.15) is 4.98 Å². The standard InChI is InChI=1S/C15H20N4O3.ClH/c1-16-10-11-4-2-8-19(11)14(20)7-6-13-17-15(18-22-13)12-5-3-9-21-12;/h3,5,9,11,16H,2,4,6-8,10H2,1H3;1H. The van der Waals surface area contributed by atoms with Crippen molar-refractivity contribution in [2.24, 2.45) is 0 Å². The number of halogens is 1. The molecule has 1 N–H and O–H groups in total. The van der Waals surface area contributed by atoms with E-state index < -0.39 is 0 Å². The zero-order chi connectivity index (χ0) is 15.4. The minimum Gasteiger partial charge on any atom is -0.461 e. The lowest BCUT2D eigenvalue weighted by atomic mass is 10.2. The third-order valence-electron chi connectivity index (χ3n) is 3.90. The molecule has 0 spiro atoms. The van der Waals surface area contributed by atoms with Crippen molar-refractivity contribution in [1.29, 1.82) is 0 Å². The highest BCUT2D eigenvalue weighted by atomic mass is 35.5. The molecule has 0 radical (unpaired) electrons. The van der Waals surface area contributed by atoms with E-state index in [0.717, 1.165) is 25.9 Å². The molecule has 0 saturated carbocycles. The Bertz CT molecular complexity index is 614. The average Bonchev–Trinajstić information content (AvgIpc) is 3.25. The Labute approximate surface area is 140 Å². The Morgan fingerprint density at radius 1 is 1.52 bits per heavy atom. The Morgan fingerprint density at radius 3 is 3.13 bits per heavy atom. The number of rotatable bonds is 6. The first-order chi connectivity index (χ1) is 10.8. The van der Waals surface area contributed by atoms with Crippen molar-refractivity contribution in [2.45, 2.75) is 31.7 Å². The molecule has 3 heterocycles. The maximum atomic E-state index is 12.3. The van der Waals surface area contributed by atoms with Gasteiger partial charge >= 0.3 is 0 Å². The van der Waals surface area contributed by atoms with E-state index in [1.807, 2.05) is 11.9 Å². The lowest BCUT2D eigenvalue weighted by Crippen LogP contribution is -2.40. The van der Waals surface area contributed by atoms with E-state index in [1.54, 1.807) is 18.4 Å². The molecule has 0 aliphatic carbocycles. The minimum absolute atomic E-state index is 0. The number of likely N-dealkylation sites (tertiary alicyclic amines) is 1. The van der Waals surface area contributed by atoms with E-state index in [1.165, 1.54) is 0 Å². The number of aromatic nitrogens is 2. The molecule has 0 aromatic carbocycles. The van der Waals surface area contributed by atoms with E-state index in [-0.39, 0.29) is 18.3 Å². The summed E-state index contributed by atoms with van der Waals surface area (Å²) < 4.78 is 10.4. The predicted octanol–water partition coefficient (Wildman–Crippen LogP) is 1.89. The zero-order valence-electron chi connectivity index (χ0n) is 13.0. The van der Waals surface area contributed by atoms with Gasteiger partial charge < -0.3 is 19.2 Å². The average molecular weight is 341 g/mol. The lowest BCUT2D eigenvalue weighted by Gasteiger charge is -2.24. The van der Waals surface area contributed by atoms with Gasteiger partial charge in [0.15, 0.2) is 5.76 Å². The summed E-state index contributed by atoms with van der Waals surface area (Å²) in [6, 6.07) is 3.84. The van der Waals surface area contributed by atoms with Crippen LogP contribution in [-0.2, 0) is 11.2 Å². The third-order valence-corrected chi connectivity index (χ3v) is 3.90. The molecule has 3 rings (SSSR count). The topological polar surface area (TPSA) is 84.4 Å². The molecular weight excluding hydrogens is 320 g/mol. The van der Waals surface area contributed by atoms with Gasteiger partial charge in [0.05, 0.1) is 6.26 Å². The number of aryl methyl sites for hydroxylation is 1. The summed E-state index contributed by atoms with van der Waals surface area (Å²) in [5.74, 6) is 1.59. The summed E-state index contributed by atoms with van der Waals surface area (Å²) in [6.45, 7) is 1.68. The Hall–Kier alpha value is -1.86. The number of furan rings is 1. The lowest BCUT2D eigenvalue weighted by molar-refractivity contribution is -0.132. The number of nitrogens with one attached hydrogen (secondary N) is 1. The molecule has 0 bridgehead atoms. The van der Waals surface area contributed by atoms with Crippen LogP contribution in [0.1, 0.15) is 25.2 Å². The van der Waals surface area contributed by atoms with Crippen molar-refractivity contribution in [2.75, 3.05) is 20.1 Å². The fourth-order valence-corrected chi connectivity index (χ4v) is 2.83. The second kappa shape index (κ2) is 8.12. The van der Waals surface area contributed by atoms with Crippen molar-refractivity contribution < 1.29 is 13.7 Å². The van der Waals surface area contributed by atoms with Crippen molar-refractivity contribution in [3.63, 3.8) is 0 Å². The molecule has 126 valence electrons. The summed E-state index contributed by atoms with van der Waals surface area (Å²) in [6.07, 6.45) is 4.54. The van der Waals surface area contributed by atoms with Gasteiger partial charge in [-0.3, -0.25) is 4.79 Å². The summed E-state index contributed by atoms with van der Waals surface area (Å²) >= 11 is 0. The fourth-order valence-electron chi connectivity index (χ4n) is 2.83. The minimum atomic E-state index is 0. The Kier molecular flexibility index (Phi) is 6.18. The molecule has 2 aromatic rings. The van der Waals surface area contributed by atoms with Gasteiger partial charge in [0.1, 0.15) is 0 Å². The third kappa shape index (κ3) is 4.11. The molecule has 1 aliphatic rings. The van der Waals surface area contributed by atoms with Crippen LogP contribution >= 0.6 is 12.4 Å². The highest BCUT2D eigenvalue weighted by Gasteiger charge is 2.28. The first-order valence-electron chi connectivity index (χ1n) is 7.58. The molecule has 1 fully saturated rings. The quantitative estimate of drug-likeness (QED) is 0.864. The number of hydrogen-bond donors (Lipinski definition) is 1. The van der Waals surface area contributed by atoms with Gasteiger partial charge in [-0.15, -0.1) is 12.4 Å². The van der Waals surface area contributed by atoms with Gasteiger partial charge in [0, 0.05) is 32.0 Å². The predicted molar refractivity (Wildman–Crippen MR) is 86.2 cm³/mol. The van der Waals surface area contributed by atoms with Gasteiger partial charge in [-0.25, -0.2) is 0 Å². The summed E-state index contributed by atoms with van der Waals surface area (Å²) in [5.41, 5.74) is 0. The normalized spacial score (nSPS) is 17.3. The van der Waals surface area contributed by atoms with E-state index in [2.05, 4.69) is 15.5 Å². The number of amides is 1. The van der Waals surface area contributed by atoms with Crippen LogP contribution in [-0.4, -0.2) is 47.1 Å². The van der Waals surface area contributed by atoms with E-state index >= 15 is 0 Å². The van der Waals surface area contributed by atoms with Crippen LogP contribution in [0.4, 0.5) is 0 Å². The molecular formula is C15H21ClN4O3. The van der Waals surface area contributed by atoms with E-state index in [4.69, 9.17) is 8.94 Å². The monoisotopic (exact) mass is 340 g/mol. The number of hydrogen-bond acceptors (Lipinski definition) is 6. The summed E-state index contributed by atoms with van der Waals surface area (Å²) in [4.78, 5) is 18.5. The van der Waals surface area contributed by atoms with Crippen molar-refractivity contribution in [3.05, 3.63) is 24.3 Å². The molecule has 1 atom stereocenters. The number of nitrogens with zero attached hydrogens (tertiary/aromatic N) is 3. The van der Waals surface area contributed by atoms with Crippen LogP contribution in [0.5, 0.6) is 0 Å². The van der Waals surface area contributed by atoms with Gasteiger partial charge in [-0.1, -0.05) is 5.16 Å². The first kappa shape index (κ1) is 17.5. The Morgan fingerprint density at radius 2 is 2.39 bits per heavy atom. The van der Waals surface area contributed by atoms with Crippen LogP contribution in [0.2, 0.25) is 0 Å². The molecule has 8 heteroatoms. The van der Waals surface area contributed by atoms with Crippen LogP contribution in [0.15, 0.2) is 27.3 Å². The van der Waals surface area contributed by atoms with Crippen molar-refractivity contribution in [3.8, 4) is 11.6 Å². The molecule has 7 nitrogen and oxygen atoms in total. The van der Waals surface area contributed by atoms with Crippen molar-refractivity contribution >= 4 is 18.3 Å². The molecule has 1 aliphatic heterocycles. The van der Waals surface area contributed by atoms with Crippen LogP contribution < -0.4 is 5.32 Å². The largest absolute Gasteiger partial charge is 0.461 e. The molecule has 2 aromatic heterocycles. The molecule has 1 amide bonds. The van der Waals surface area contributed by atoms with Gasteiger partial charge in [-0.05, 0) is 32.0 Å². The second-order valence-electron chi connectivity index (χ2n) is 5.43.